The summed E-state index contributed by atoms with van der Waals surface area (Å²) in [5.41, 5.74) is 2.54. The van der Waals surface area contributed by atoms with Gasteiger partial charge in [-0.15, -0.1) is 0 Å². The molecule has 0 aliphatic carbocycles. The van der Waals surface area contributed by atoms with Gasteiger partial charge in [-0.3, -0.25) is 0 Å². The van der Waals surface area contributed by atoms with E-state index in [0.717, 1.165) is 11.1 Å². The van der Waals surface area contributed by atoms with E-state index in [1.807, 2.05) is 60.7 Å². The van der Waals surface area contributed by atoms with Crippen molar-refractivity contribution < 1.29 is 14.3 Å². The van der Waals surface area contributed by atoms with E-state index in [1.54, 1.807) is 18.3 Å². The predicted molar refractivity (Wildman–Crippen MR) is 95.4 cm³/mol. The van der Waals surface area contributed by atoms with Crippen LogP contribution in [0, 0.1) is 0 Å². The number of benzene rings is 2. The molecule has 0 atom stereocenters. The number of nitrogens with zero attached hydrogens (tertiary/aromatic N) is 1. The molecule has 0 saturated carbocycles. The third-order valence-electron chi connectivity index (χ3n) is 3.68. The number of carbonyl (C=O) groups is 1. The van der Waals surface area contributed by atoms with E-state index < -0.39 is 0 Å². The molecule has 3 aromatic rings. The van der Waals surface area contributed by atoms with Gasteiger partial charge < -0.3 is 9.47 Å². The van der Waals surface area contributed by atoms with Gasteiger partial charge in [0.05, 0.1) is 12.2 Å². The summed E-state index contributed by atoms with van der Waals surface area (Å²) < 4.78 is 11.1. The third kappa shape index (κ3) is 4.91. The highest BCUT2D eigenvalue weighted by molar-refractivity contribution is 5.89. The Morgan fingerprint density at radius 3 is 2.36 bits per heavy atom. The first kappa shape index (κ1) is 16.7. The monoisotopic (exact) mass is 333 g/mol. The highest BCUT2D eigenvalue weighted by atomic mass is 16.5. The maximum Gasteiger partial charge on any atom is 0.338 e. The molecule has 1 aromatic heterocycles. The van der Waals surface area contributed by atoms with Gasteiger partial charge in [0.1, 0.15) is 6.61 Å². The Bertz CT molecular complexity index is 804. The molecular formula is C21H19NO3. The molecule has 1 heterocycles. The second-order valence-corrected chi connectivity index (χ2v) is 5.49. The molecule has 2 aromatic carbocycles. The van der Waals surface area contributed by atoms with Crippen molar-refractivity contribution in [2.75, 3.05) is 6.61 Å². The number of hydrogen-bond acceptors (Lipinski definition) is 4. The van der Waals surface area contributed by atoms with Gasteiger partial charge in [-0.25, -0.2) is 9.78 Å². The maximum atomic E-state index is 12.0. The molecule has 0 aliphatic heterocycles. The second kappa shape index (κ2) is 8.64. The number of hydrogen-bond donors (Lipinski definition) is 0. The van der Waals surface area contributed by atoms with Gasteiger partial charge >= 0.3 is 5.97 Å². The topological polar surface area (TPSA) is 48.4 Å². The van der Waals surface area contributed by atoms with Crippen LogP contribution in [0.4, 0.5) is 0 Å². The van der Waals surface area contributed by atoms with Crippen LogP contribution >= 0.6 is 0 Å². The van der Waals surface area contributed by atoms with Gasteiger partial charge in [0.2, 0.25) is 5.88 Å². The Morgan fingerprint density at radius 2 is 1.60 bits per heavy atom. The average molecular weight is 333 g/mol. The molecule has 3 rings (SSSR count). The first-order chi connectivity index (χ1) is 12.3. The van der Waals surface area contributed by atoms with E-state index >= 15 is 0 Å². The third-order valence-corrected chi connectivity index (χ3v) is 3.68. The molecule has 4 heteroatoms. The van der Waals surface area contributed by atoms with Crippen molar-refractivity contribution in [1.82, 2.24) is 4.98 Å². The van der Waals surface area contributed by atoms with Crippen molar-refractivity contribution in [3.05, 3.63) is 95.7 Å². The molecule has 126 valence electrons. The van der Waals surface area contributed by atoms with Crippen LogP contribution in [0.15, 0.2) is 79.0 Å². The lowest BCUT2D eigenvalue weighted by Crippen LogP contribution is -2.09. The smallest absolute Gasteiger partial charge is 0.338 e. The van der Waals surface area contributed by atoms with Gasteiger partial charge in [-0.1, -0.05) is 54.6 Å². The fourth-order valence-electron chi connectivity index (χ4n) is 2.38. The van der Waals surface area contributed by atoms with E-state index in [1.165, 1.54) is 0 Å². The van der Waals surface area contributed by atoms with Gasteiger partial charge in [0, 0.05) is 18.2 Å². The highest BCUT2D eigenvalue weighted by Crippen LogP contribution is 2.17. The molecular weight excluding hydrogens is 314 g/mol. The number of esters is 1. The quantitative estimate of drug-likeness (QED) is 0.612. The summed E-state index contributed by atoms with van der Waals surface area (Å²) in [6.45, 7) is 0.732. The lowest BCUT2D eigenvalue weighted by atomic mass is 10.2. The zero-order valence-electron chi connectivity index (χ0n) is 13.8. The summed E-state index contributed by atoms with van der Waals surface area (Å²) in [6, 6.07) is 22.7. The number of pyridine rings is 1. The molecule has 0 N–H and O–H groups in total. The minimum atomic E-state index is -0.323. The van der Waals surface area contributed by atoms with Crippen LogP contribution in [0.1, 0.15) is 21.5 Å². The van der Waals surface area contributed by atoms with Crippen molar-refractivity contribution >= 4 is 5.97 Å². The largest absolute Gasteiger partial charge is 0.473 e. The first-order valence-electron chi connectivity index (χ1n) is 8.16. The predicted octanol–water partition coefficient (Wildman–Crippen LogP) is 4.06. The number of ether oxygens (including phenoxy) is 2. The van der Waals surface area contributed by atoms with E-state index in [4.69, 9.17) is 9.47 Å². The van der Waals surface area contributed by atoms with Gasteiger partial charge in [-0.05, 0) is 23.8 Å². The molecule has 0 spiro atoms. The molecule has 0 aliphatic rings. The Balaban J connectivity index is 1.55. The van der Waals surface area contributed by atoms with E-state index in [2.05, 4.69) is 4.98 Å². The summed E-state index contributed by atoms with van der Waals surface area (Å²) >= 11 is 0. The lowest BCUT2D eigenvalue weighted by molar-refractivity contribution is 0.0508. The minimum absolute atomic E-state index is 0.279. The number of carbonyl (C=O) groups excluding carboxylic acids is 1. The van der Waals surface area contributed by atoms with Crippen molar-refractivity contribution in [3.63, 3.8) is 0 Å². The highest BCUT2D eigenvalue weighted by Gasteiger charge is 2.09. The molecule has 0 fully saturated rings. The molecule has 0 unspecified atom stereocenters. The zero-order valence-corrected chi connectivity index (χ0v) is 13.8. The minimum Gasteiger partial charge on any atom is -0.473 e. The normalized spacial score (nSPS) is 10.2. The van der Waals surface area contributed by atoms with Crippen LogP contribution in [0.2, 0.25) is 0 Å². The lowest BCUT2D eigenvalue weighted by Gasteiger charge is -2.10. The van der Waals surface area contributed by atoms with Crippen molar-refractivity contribution in [3.8, 4) is 5.88 Å². The van der Waals surface area contributed by atoms with Gasteiger partial charge in [0.15, 0.2) is 0 Å². The molecule has 0 saturated heterocycles. The molecule has 25 heavy (non-hydrogen) atoms. The van der Waals surface area contributed by atoms with Crippen molar-refractivity contribution in [1.29, 1.82) is 0 Å². The van der Waals surface area contributed by atoms with Gasteiger partial charge in [-0.2, -0.15) is 0 Å². The molecule has 0 radical (unpaired) electrons. The Kier molecular flexibility index (Phi) is 5.77. The Labute approximate surface area is 147 Å². The van der Waals surface area contributed by atoms with Crippen LogP contribution in [0.3, 0.4) is 0 Å². The molecule has 0 bridgehead atoms. The summed E-state index contributed by atoms with van der Waals surface area (Å²) in [5.74, 6) is 0.248. The summed E-state index contributed by atoms with van der Waals surface area (Å²) in [6.07, 6.45) is 2.25. The fourth-order valence-corrected chi connectivity index (χ4v) is 2.38. The SMILES string of the molecule is O=C(OCCc1cccnc1OCc1ccccc1)c1ccccc1. The fraction of sp³-hybridized carbons (Fsp3) is 0.143. The molecule has 4 nitrogen and oxygen atoms in total. The van der Waals surface area contributed by atoms with E-state index in [0.29, 0.717) is 24.5 Å². The maximum absolute atomic E-state index is 12.0. The van der Waals surface area contributed by atoms with Crippen LogP contribution in [0.25, 0.3) is 0 Å². The summed E-state index contributed by atoms with van der Waals surface area (Å²) in [5, 5.41) is 0. The standard InChI is InChI=1S/C21H19NO3/c23-21(19-10-5-2-6-11-19)24-15-13-18-12-7-14-22-20(18)25-16-17-8-3-1-4-9-17/h1-12,14H,13,15-16H2. The first-order valence-corrected chi connectivity index (χ1v) is 8.16. The van der Waals surface area contributed by atoms with Crippen molar-refractivity contribution in [2.24, 2.45) is 0 Å². The Morgan fingerprint density at radius 1 is 0.880 bits per heavy atom. The van der Waals surface area contributed by atoms with Crippen LogP contribution < -0.4 is 4.74 Å². The van der Waals surface area contributed by atoms with Crippen LogP contribution in [-0.2, 0) is 17.8 Å². The average Bonchev–Trinajstić information content (AvgIpc) is 2.68. The second-order valence-electron chi connectivity index (χ2n) is 5.49. The number of aromatic nitrogens is 1. The molecule has 0 amide bonds. The number of rotatable bonds is 7. The van der Waals surface area contributed by atoms with Crippen molar-refractivity contribution in [2.45, 2.75) is 13.0 Å². The van der Waals surface area contributed by atoms with E-state index in [-0.39, 0.29) is 12.6 Å². The Hall–Kier alpha value is -3.14. The van der Waals surface area contributed by atoms with Crippen LogP contribution in [-0.4, -0.2) is 17.6 Å². The van der Waals surface area contributed by atoms with Crippen LogP contribution in [0.5, 0.6) is 5.88 Å². The van der Waals surface area contributed by atoms with E-state index in [9.17, 15) is 4.79 Å². The summed E-state index contributed by atoms with van der Waals surface area (Å²) in [4.78, 5) is 16.2. The van der Waals surface area contributed by atoms with Gasteiger partial charge in [0.25, 0.3) is 0 Å². The zero-order chi connectivity index (χ0) is 17.3. The summed E-state index contributed by atoms with van der Waals surface area (Å²) in [7, 11) is 0.